The molecule has 0 saturated heterocycles. The number of rotatable bonds is 2. The molecule has 0 aliphatic carbocycles. The third-order valence-corrected chi connectivity index (χ3v) is 1.56. The van der Waals surface area contributed by atoms with Gasteiger partial charge in [-0.05, 0) is 30.7 Å². The number of phenolic OH excluding ortho intramolecular Hbond substituents is 3. The Kier molecular flexibility index (Phi) is 9.96. The van der Waals surface area contributed by atoms with Gasteiger partial charge in [0.15, 0.2) is 17.2 Å². The average Bonchev–Trinajstić information content (AvgIpc) is 2.01. The molecule has 7 heteroatoms. The van der Waals surface area contributed by atoms with Crippen molar-refractivity contribution in [3.05, 3.63) is 17.7 Å². The van der Waals surface area contributed by atoms with E-state index in [1.54, 1.807) is 0 Å². The molecule has 0 aliphatic rings. The van der Waals surface area contributed by atoms with Crippen molar-refractivity contribution < 1.29 is 31.7 Å². The Labute approximate surface area is 86.3 Å². The van der Waals surface area contributed by atoms with Crippen molar-refractivity contribution in [2.45, 2.75) is 6.42 Å². The Morgan fingerprint density at radius 3 is 1.67 bits per heavy atom. The first-order valence-electron chi connectivity index (χ1n) is 3.59. The van der Waals surface area contributed by atoms with Gasteiger partial charge >= 0.3 is 0 Å². The van der Waals surface area contributed by atoms with Gasteiger partial charge < -0.3 is 37.5 Å². The standard InChI is InChI=1S/C8H11NO3.3H2O/c9-2-1-5-3-6(10)8(12)7(11)4-5;;;/h3-4,10-12H,1-2,9H2;3*1H2. The first-order valence-corrected chi connectivity index (χ1v) is 3.59. The summed E-state index contributed by atoms with van der Waals surface area (Å²) in [6.45, 7) is 0.434. The Hall–Kier alpha value is -1.54. The summed E-state index contributed by atoms with van der Waals surface area (Å²) < 4.78 is 0. The molecule has 0 atom stereocenters. The van der Waals surface area contributed by atoms with Gasteiger partial charge in [0.2, 0.25) is 0 Å². The maximum atomic E-state index is 9.06. The van der Waals surface area contributed by atoms with E-state index in [1.165, 1.54) is 12.1 Å². The van der Waals surface area contributed by atoms with Crippen LogP contribution in [-0.2, 0) is 6.42 Å². The average molecular weight is 223 g/mol. The van der Waals surface area contributed by atoms with Crippen LogP contribution in [0.5, 0.6) is 17.2 Å². The van der Waals surface area contributed by atoms with Gasteiger partial charge in [0.1, 0.15) is 0 Å². The highest BCUT2D eigenvalue weighted by Crippen LogP contribution is 2.35. The van der Waals surface area contributed by atoms with E-state index in [4.69, 9.17) is 21.1 Å². The van der Waals surface area contributed by atoms with Gasteiger partial charge in [0.25, 0.3) is 0 Å². The number of hydrogen-bond donors (Lipinski definition) is 4. The first-order chi connectivity index (χ1) is 5.65. The predicted molar refractivity (Wildman–Crippen MR) is 55.0 cm³/mol. The Morgan fingerprint density at radius 1 is 0.933 bits per heavy atom. The third-order valence-electron chi connectivity index (χ3n) is 1.56. The molecule has 1 rings (SSSR count). The number of phenols is 3. The highest BCUT2D eigenvalue weighted by Gasteiger charge is 2.06. The second-order valence-corrected chi connectivity index (χ2v) is 2.52. The maximum Gasteiger partial charge on any atom is 0.200 e. The van der Waals surface area contributed by atoms with Gasteiger partial charge in [-0.15, -0.1) is 0 Å². The van der Waals surface area contributed by atoms with E-state index in [1.807, 2.05) is 0 Å². The minimum atomic E-state index is -0.490. The van der Waals surface area contributed by atoms with Crippen LogP contribution in [-0.4, -0.2) is 38.3 Å². The third kappa shape index (κ3) is 4.47. The summed E-state index contributed by atoms with van der Waals surface area (Å²) in [5.74, 6) is -1.13. The smallest absolute Gasteiger partial charge is 0.200 e. The zero-order chi connectivity index (χ0) is 9.14. The molecule has 0 radical (unpaired) electrons. The summed E-state index contributed by atoms with van der Waals surface area (Å²) in [5.41, 5.74) is 5.97. The van der Waals surface area contributed by atoms with Gasteiger partial charge in [-0.3, -0.25) is 0 Å². The zero-order valence-corrected chi connectivity index (χ0v) is 7.99. The molecule has 0 bridgehead atoms. The SMILES string of the molecule is NCCc1cc(O)c(O)c(O)c1.O.O.O. The number of aromatic hydroxyl groups is 3. The lowest BCUT2D eigenvalue weighted by Gasteiger charge is -2.03. The van der Waals surface area contributed by atoms with Crippen LogP contribution in [0.3, 0.4) is 0 Å². The van der Waals surface area contributed by atoms with Crippen LogP contribution < -0.4 is 5.73 Å². The Balaban J connectivity index is -0.000000480. The van der Waals surface area contributed by atoms with Gasteiger partial charge in [0, 0.05) is 0 Å². The fraction of sp³-hybridized carbons (Fsp3) is 0.250. The lowest BCUT2D eigenvalue weighted by atomic mass is 10.1. The molecule has 1 aromatic carbocycles. The minimum absolute atomic E-state index is 0. The summed E-state index contributed by atoms with van der Waals surface area (Å²) in [5, 5.41) is 27.1. The fourth-order valence-corrected chi connectivity index (χ4v) is 0.972. The van der Waals surface area contributed by atoms with Crippen LogP contribution >= 0.6 is 0 Å². The van der Waals surface area contributed by atoms with E-state index >= 15 is 0 Å². The second kappa shape index (κ2) is 7.83. The van der Waals surface area contributed by atoms with E-state index in [2.05, 4.69) is 0 Å². The summed E-state index contributed by atoms with van der Waals surface area (Å²) >= 11 is 0. The fourth-order valence-electron chi connectivity index (χ4n) is 0.972. The van der Waals surface area contributed by atoms with Gasteiger partial charge in [0.05, 0.1) is 0 Å². The van der Waals surface area contributed by atoms with Crippen molar-refractivity contribution in [2.24, 2.45) is 5.73 Å². The van der Waals surface area contributed by atoms with Crippen molar-refractivity contribution in [1.29, 1.82) is 0 Å². The number of nitrogens with two attached hydrogens (primary N) is 1. The van der Waals surface area contributed by atoms with Gasteiger partial charge in [-0.1, -0.05) is 0 Å². The van der Waals surface area contributed by atoms with Crippen molar-refractivity contribution >= 4 is 0 Å². The lowest BCUT2D eigenvalue weighted by Crippen LogP contribution is -2.02. The van der Waals surface area contributed by atoms with Crippen LogP contribution in [0.4, 0.5) is 0 Å². The van der Waals surface area contributed by atoms with E-state index in [0.29, 0.717) is 18.5 Å². The van der Waals surface area contributed by atoms with E-state index in [0.717, 1.165) is 0 Å². The largest absolute Gasteiger partial charge is 0.504 e. The zero-order valence-electron chi connectivity index (χ0n) is 7.99. The summed E-state index contributed by atoms with van der Waals surface area (Å²) in [6, 6.07) is 2.75. The van der Waals surface area contributed by atoms with Crippen LogP contribution in [0.15, 0.2) is 12.1 Å². The minimum Gasteiger partial charge on any atom is -0.504 e. The van der Waals surface area contributed by atoms with Gasteiger partial charge in [-0.25, -0.2) is 0 Å². The number of benzene rings is 1. The monoisotopic (exact) mass is 223 g/mol. The molecular formula is C8H17NO6. The molecule has 1 aromatic rings. The highest BCUT2D eigenvalue weighted by molar-refractivity contribution is 5.51. The summed E-state index contributed by atoms with van der Waals surface area (Å²) in [6.07, 6.45) is 0.557. The maximum absolute atomic E-state index is 9.06. The van der Waals surface area contributed by atoms with Crippen molar-refractivity contribution in [1.82, 2.24) is 0 Å². The van der Waals surface area contributed by atoms with Gasteiger partial charge in [-0.2, -0.15) is 0 Å². The van der Waals surface area contributed by atoms with E-state index in [9.17, 15) is 0 Å². The lowest BCUT2D eigenvalue weighted by molar-refractivity contribution is 0.367. The van der Waals surface area contributed by atoms with Crippen LogP contribution in [0, 0.1) is 0 Å². The Morgan fingerprint density at radius 2 is 1.33 bits per heavy atom. The first kappa shape index (κ1) is 19.1. The molecule has 0 aromatic heterocycles. The van der Waals surface area contributed by atoms with Crippen molar-refractivity contribution in [2.75, 3.05) is 6.54 Å². The summed E-state index contributed by atoms with van der Waals surface area (Å²) in [4.78, 5) is 0. The molecule has 0 saturated carbocycles. The molecule has 0 aliphatic heterocycles. The molecule has 15 heavy (non-hydrogen) atoms. The molecule has 90 valence electrons. The molecule has 0 heterocycles. The second-order valence-electron chi connectivity index (χ2n) is 2.52. The Bertz CT molecular complexity index is 267. The predicted octanol–water partition coefficient (Wildman–Crippen LogP) is -2.17. The molecule has 7 nitrogen and oxygen atoms in total. The molecule has 0 fully saturated rings. The van der Waals surface area contributed by atoms with E-state index in [-0.39, 0.29) is 27.9 Å². The topological polar surface area (TPSA) is 181 Å². The van der Waals surface area contributed by atoms with Crippen molar-refractivity contribution in [3.63, 3.8) is 0 Å². The van der Waals surface area contributed by atoms with Crippen LogP contribution in [0.2, 0.25) is 0 Å². The molecule has 11 N–H and O–H groups in total. The molecule has 0 unspecified atom stereocenters. The quantitative estimate of drug-likeness (QED) is 0.416. The van der Waals surface area contributed by atoms with Crippen LogP contribution in [0.1, 0.15) is 5.56 Å². The molecule has 0 amide bonds. The highest BCUT2D eigenvalue weighted by atomic mass is 16.3. The normalized spacial score (nSPS) is 8.07. The van der Waals surface area contributed by atoms with Crippen LogP contribution in [0.25, 0.3) is 0 Å². The number of hydrogen-bond acceptors (Lipinski definition) is 4. The van der Waals surface area contributed by atoms with Crippen molar-refractivity contribution in [3.8, 4) is 17.2 Å². The summed E-state index contributed by atoms with van der Waals surface area (Å²) in [7, 11) is 0. The molecular weight excluding hydrogens is 206 g/mol. The molecule has 0 spiro atoms. The van der Waals surface area contributed by atoms with E-state index < -0.39 is 5.75 Å².